The van der Waals surface area contributed by atoms with Crippen LogP contribution in [0.2, 0.25) is 0 Å². The largest absolute Gasteiger partial charge is 0.573 e. The minimum atomic E-state index is -5.00. The molecule has 6 nitrogen and oxygen atoms in total. The summed E-state index contributed by atoms with van der Waals surface area (Å²) in [7, 11) is -3.45. The van der Waals surface area contributed by atoms with Gasteiger partial charge < -0.3 is 15.4 Å². The van der Waals surface area contributed by atoms with Gasteiger partial charge in [-0.1, -0.05) is 24.3 Å². The number of ether oxygens (including phenoxy) is 1. The lowest BCUT2D eigenvalue weighted by Crippen LogP contribution is -2.28. The molecule has 3 aromatic rings. The summed E-state index contributed by atoms with van der Waals surface area (Å²) in [5, 5.41) is 4.72. The highest BCUT2D eigenvalue weighted by Crippen LogP contribution is 2.36. The Morgan fingerprint density at radius 3 is 2.14 bits per heavy atom. The molecule has 0 radical (unpaired) electrons. The third kappa shape index (κ3) is 8.22. The summed E-state index contributed by atoms with van der Waals surface area (Å²) in [4.78, 5) is 12.8. The van der Waals surface area contributed by atoms with Crippen molar-refractivity contribution in [2.75, 3.05) is 18.1 Å². The van der Waals surface area contributed by atoms with Crippen LogP contribution in [0, 0.1) is 0 Å². The molecule has 0 aliphatic carbocycles. The number of carbonyl (C=O) groups excluding carboxylic acids is 1. The number of nitrogens with one attached hydrogen (secondary N) is 2. The van der Waals surface area contributed by atoms with Crippen LogP contribution in [-0.4, -0.2) is 39.7 Å². The first-order chi connectivity index (χ1) is 17.1. The fraction of sp³-hybridized carbons (Fsp3) is 0.208. The highest BCUT2D eigenvalue weighted by Gasteiger charge is 2.32. The Morgan fingerprint density at radius 1 is 0.892 bits per heavy atom. The van der Waals surface area contributed by atoms with Gasteiger partial charge in [0.1, 0.15) is 5.75 Å². The van der Waals surface area contributed by atoms with Crippen LogP contribution in [0.5, 0.6) is 5.75 Å². The SMILES string of the molecule is CS(=O)(=O)c1ccc(NC(=O)c2ccc(-c3ccccc3OC(F)(F)F)c(CNCC(F)(F)F)c2)cc1. The minimum absolute atomic E-state index is 0.00830. The van der Waals surface area contributed by atoms with E-state index in [1.54, 1.807) is 0 Å². The predicted octanol–water partition coefficient (Wildman–Crippen LogP) is 5.56. The Kier molecular flexibility index (Phi) is 8.18. The van der Waals surface area contributed by atoms with Crippen LogP contribution in [-0.2, 0) is 16.4 Å². The Balaban J connectivity index is 1.95. The van der Waals surface area contributed by atoms with Crippen LogP contribution in [0.15, 0.2) is 71.6 Å². The maximum absolute atomic E-state index is 12.9. The lowest BCUT2D eigenvalue weighted by atomic mass is 9.96. The molecule has 1 amide bonds. The molecule has 0 bridgehead atoms. The van der Waals surface area contributed by atoms with E-state index in [0.29, 0.717) is 0 Å². The number of para-hydroxylation sites is 1. The lowest BCUT2D eigenvalue weighted by molar-refractivity contribution is -0.274. The number of carbonyl (C=O) groups is 1. The number of hydrogen-bond acceptors (Lipinski definition) is 5. The summed E-state index contributed by atoms with van der Waals surface area (Å²) >= 11 is 0. The van der Waals surface area contributed by atoms with E-state index < -0.39 is 47.1 Å². The fourth-order valence-electron chi connectivity index (χ4n) is 3.37. The van der Waals surface area contributed by atoms with Gasteiger partial charge in [-0.05, 0) is 53.6 Å². The van der Waals surface area contributed by atoms with Gasteiger partial charge in [0.25, 0.3) is 5.91 Å². The zero-order valence-electron chi connectivity index (χ0n) is 19.1. The van der Waals surface area contributed by atoms with Crippen molar-refractivity contribution in [2.24, 2.45) is 0 Å². The summed E-state index contributed by atoms with van der Waals surface area (Å²) in [6.07, 6.45) is -8.52. The first kappa shape index (κ1) is 28.0. The number of anilines is 1. The van der Waals surface area contributed by atoms with Gasteiger partial charge in [0, 0.05) is 29.6 Å². The Hall–Kier alpha value is -3.58. The zero-order valence-corrected chi connectivity index (χ0v) is 19.9. The van der Waals surface area contributed by atoms with E-state index in [-0.39, 0.29) is 32.8 Å². The second-order valence-electron chi connectivity index (χ2n) is 7.89. The first-order valence-electron chi connectivity index (χ1n) is 10.5. The monoisotopic (exact) mass is 546 g/mol. The van der Waals surface area contributed by atoms with E-state index in [1.807, 2.05) is 0 Å². The van der Waals surface area contributed by atoms with E-state index >= 15 is 0 Å². The third-order valence-electron chi connectivity index (χ3n) is 4.95. The number of sulfone groups is 1. The molecule has 0 aliphatic heterocycles. The van der Waals surface area contributed by atoms with Crippen LogP contribution in [0.3, 0.4) is 0 Å². The van der Waals surface area contributed by atoms with E-state index in [9.17, 15) is 39.6 Å². The number of halogens is 6. The molecule has 0 unspecified atom stereocenters. The minimum Gasteiger partial charge on any atom is -0.405 e. The Bertz CT molecular complexity index is 1370. The number of hydrogen-bond donors (Lipinski definition) is 2. The maximum Gasteiger partial charge on any atom is 0.573 e. The molecule has 0 heterocycles. The van der Waals surface area contributed by atoms with Gasteiger partial charge in [0.15, 0.2) is 9.84 Å². The molecule has 0 saturated heterocycles. The number of amides is 1. The topological polar surface area (TPSA) is 84.5 Å². The van der Waals surface area contributed by atoms with E-state index in [2.05, 4.69) is 15.4 Å². The second kappa shape index (κ2) is 10.8. The summed E-state index contributed by atoms with van der Waals surface area (Å²) in [5.41, 5.74) is 0.467. The highest BCUT2D eigenvalue weighted by molar-refractivity contribution is 7.90. The molecule has 198 valence electrons. The smallest absolute Gasteiger partial charge is 0.405 e. The van der Waals surface area contributed by atoms with Crippen molar-refractivity contribution in [1.29, 1.82) is 0 Å². The van der Waals surface area contributed by atoms with Crippen LogP contribution in [0.4, 0.5) is 32.0 Å². The molecule has 0 saturated carbocycles. The van der Waals surface area contributed by atoms with Gasteiger partial charge >= 0.3 is 12.5 Å². The standard InChI is InChI=1S/C24H20F6N2O4S/c1-37(34,35)18-9-7-17(8-10-18)32-22(33)15-6-11-19(16(12-15)13-31-14-23(25,26)27)20-4-2-3-5-21(20)36-24(28,29)30/h2-12,31H,13-14H2,1H3,(H,32,33). The molecule has 13 heteroatoms. The Morgan fingerprint density at radius 2 is 1.54 bits per heavy atom. The van der Waals surface area contributed by atoms with Crippen LogP contribution in [0.1, 0.15) is 15.9 Å². The number of rotatable bonds is 8. The lowest BCUT2D eigenvalue weighted by Gasteiger charge is -2.17. The summed E-state index contributed by atoms with van der Waals surface area (Å²) in [6, 6.07) is 14.3. The van der Waals surface area contributed by atoms with Crippen molar-refractivity contribution in [2.45, 2.75) is 24.0 Å². The Labute approximate surface area is 208 Å². The molecule has 0 fully saturated rings. The van der Waals surface area contributed by atoms with Crippen LogP contribution in [0.25, 0.3) is 11.1 Å². The quantitative estimate of drug-likeness (QED) is 0.362. The summed E-state index contributed by atoms with van der Waals surface area (Å²) in [6.45, 7) is -1.78. The first-order valence-corrected chi connectivity index (χ1v) is 12.4. The molecule has 0 aliphatic rings. The van der Waals surface area contributed by atoms with Crippen molar-refractivity contribution >= 4 is 21.4 Å². The van der Waals surface area contributed by atoms with Crippen LogP contribution < -0.4 is 15.4 Å². The van der Waals surface area contributed by atoms with Gasteiger partial charge in [-0.3, -0.25) is 4.79 Å². The molecule has 0 spiro atoms. The fourth-order valence-corrected chi connectivity index (χ4v) is 4.00. The molecule has 2 N–H and O–H groups in total. The van der Waals surface area contributed by atoms with Gasteiger partial charge in [-0.25, -0.2) is 8.42 Å². The van der Waals surface area contributed by atoms with E-state index in [0.717, 1.165) is 12.3 Å². The second-order valence-corrected chi connectivity index (χ2v) is 9.90. The normalized spacial score (nSPS) is 12.3. The zero-order chi connectivity index (χ0) is 27.4. The van der Waals surface area contributed by atoms with Crippen molar-refractivity contribution in [3.8, 4) is 16.9 Å². The van der Waals surface area contributed by atoms with Gasteiger partial charge in [0.2, 0.25) is 0 Å². The molecule has 3 aromatic carbocycles. The van der Waals surface area contributed by atoms with Crippen molar-refractivity contribution in [3.63, 3.8) is 0 Å². The van der Waals surface area contributed by atoms with Gasteiger partial charge in [-0.2, -0.15) is 13.2 Å². The highest BCUT2D eigenvalue weighted by atomic mass is 32.2. The van der Waals surface area contributed by atoms with Crippen LogP contribution >= 0.6 is 0 Å². The molecule has 0 atom stereocenters. The van der Waals surface area contributed by atoms with E-state index in [1.165, 1.54) is 60.7 Å². The average Bonchev–Trinajstić information content (AvgIpc) is 2.77. The summed E-state index contributed by atoms with van der Waals surface area (Å²) in [5.74, 6) is -1.23. The molecule has 3 rings (SSSR count). The molecule has 37 heavy (non-hydrogen) atoms. The van der Waals surface area contributed by atoms with Gasteiger partial charge in [0.05, 0.1) is 11.4 Å². The number of benzene rings is 3. The predicted molar refractivity (Wildman–Crippen MR) is 124 cm³/mol. The van der Waals surface area contributed by atoms with Crippen molar-refractivity contribution in [1.82, 2.24) is 5.32 Å². The molecule has 0 aromatic heterocycles. The molecular weight excluding hydrogens is 526 g/mol. The average molecular weight is 546 g/mol. The van der Waals surface area contributed by atoms with Crippen molar-refractivity contribution < 1.29 is 44.3 Å². The number of alkyl halides is 6. The summed E-state index contributed by atoms with van der Waals surface area (Å²) < 4.78 is 104. The van der Waals surface area contributed by atoms with Crippen molar-refractivity contribution in [3.05, 3.63) is 77.9 Å². The van der Waals surface area contributed by atoms with E-state index in [4.69, 9.17) is 0 Å². The molecular formula is C24H20F6N2O4S. The maximum atomic E-state index is 12.9. The third-order valence-corrected chi connectivity index (χ3v) is 6.08. The van der Waals surface area contributed by atoms with Gasteiger partial charge in [-0.15, -0.1) is 13.2 Å².